The number of nitrogens with one attached hydrogen (secondary N) is 1. The van der Waals surface area contributed by atoms with Crippen LogP contribution in [0.25, 0.3) is 0 Å². The van der Waals surface area contributed by atoms with Gasteiger partial charge in [-0.05, 0) is 35.6 Å². The van der Waals surface area contributed by atoms with Gasteiger partial charge in [0.25, 0.3) is 0 Å². The van der Waals surface area contributed by atoms with Gasteiger partial charge in [-0.25, -0.2) is 0 Å². The van der Waals surface area contributed by atoms with Crippen molar-refractivity contribution in [3.63, 3.8) is 0 Å². The molecule has 0 spiro atoms. The Morgan fingerprint density at radius 3 is 2.84 bits per heavy atom. The minimum absolute atomic E-state index is 0.0741. The molecule has 1 aromatic heterocycles. The number of thioether (sulfide) groups is 1. The molecule has 0 aliphatic carbocycles. The number of fused-ring (bicyclic) bond motifs is 1. The highest BCUT2D eigenvalue weighted by molar-refractivity contribution is 8.00. The molecule has 2 saturated heterocycles. The highest BCUT2D eigenvalue weighted by Gasteiger charge is 2.57. The first-order chi connectivity index (χ1) is 12.1. The topological polar surface area (TPSA) is 49.4 Å². The van der Waals surface area contributed by atoms with E-state index in [9.17, 15) is 9.59 Å². The summed E-state index contributed by atoms with van der Waals surface area (Å²) in [7, 11) is 0. The number of halogens is 1. The Balaban J connectivity index is 1.50. The van der Waals surface area contributed by atoms with Gasteiger partial charge in [0.05, 0.1) is 0 Å². The number of hydrogen-bond donors (Lipinski definition) is 1. The average Bonchev–Trinajstić information content (AvgIpc) is 3.32. The molecule has 7 heteroatoms. The van der Waals surface area contributed by atoms with Crippen molar-refractivity contribution >= 4 is 46.5 Å². The van der Waals surface area contributed by atoms with Crippen LogP contribution in [0.5, 0.6) is 0 Å². The van der Waals surface area contributed by atoms with Crippen LogP contribution in [0, 0.1) is 0 Å². The van der Waals surface area contributed by atoms with Crippen molar-refractivity contribution in [1.29, 1.82) is 0 Å². The molecule has 0 bridgehead atoms. The van der Waals surface area contributed by atoms with Crippen molar-refractivity contribution in [3.8, 4) is 0 Å². The lowest BCUT2D eigenvalue weighted by Gasteiger charge is -2.32. The Bertz CT molecular complexity index is 794. The molecule has 130 valence electrons. The number of carbonyl (C=O) groups excluding carboxylic acids is 2. The van der Waals surface area contributed by atoms with E-state index in [1.165, 1.54) is 0 Å². The molecule has 1 aromatic carbocycles. The van der Waals surface area contributed by atoms with Gasteiger partial charge < -0.3 is 10.2 Å². The Labute approximate surface area is 159 Å². The Morgan fingerprint density at radius 2 is 2.12 bits per heavy atom. The molecule has 2 fully saturated rings. The lowest BCUT2D eigenvalue weighted by molar-refractivity contribution is -0.138. The van der Waals surface area contributed by atoms with Gasteiger partial charge in [0.15, 0.2) is 0 Å². The van der Waals surface area contributed by atoms with E-state index in [1.807, 2.05) is 28.5 Å². The van der Waals surface area contributed by atoms with Crippen LogP contribution in [-0.4, -0.2) is 28.5 Å². The fourth-order valence-electron chi connectivity index (χ4n) is 3.49. The third kappa shape index (κ3) is 2.96. The molecule has 1 N–H and O–H groups in total. The van der Waals surface area contributed by atoms with Crippen LogP contribution in [0.4, 0.5) is 0 Å². The number of hydrogen-bond acceptors (Lipinski definition) is 4. The van der Waals surface area contributed by atoms with Crippen molar-refractivity contribution in [2.45, 2.75) is 30.3 Å². The molecule has 4 nitrogen and oxygen atoms in total. The zero-order valence-corrected chi connectivity index (χ0v) is 15.8. The van der Waals surface area contributed by atoms with Crippen molar-refractivity contribution < 1.29 is 9.59 Å². The second-order valence-corrected chi connectivity index (χ2v) is 8.88. The van der Waals surface area contributed by atoms with Crippen LogP contribution in [0.1, 0.15) is 23.3 Å². The monoisotopic (exact) mass is 392 g/mol. The molecular weight excluding hydrogens is 376 g/mol. The Hall–Kier alpha value is -1.50. The van der Waals surface area contributed by atoms with Crippen LogP contribution in [-0.2, 0) is 21.0 Å². The summed E-state index contributed by atoms with van der Waals surface area (Å²) < 4.78 is 0. The highest BCUT2D eigenvalue weighted by atomic mass is 35.5. The van der Waals surface area contributed by atoms with E-state index in [4.69, 9.17) is 11.6 Å². The van der Waals surface area contributed by atoms with Crippen molar-refractivity contribution in [2.75, 3.05) is 5.75 Å². The fraction of sp³-hybridized carbons (Fsp3) is 0.333. The van der Waals surface area contributed by atoms with E-state index in [0.29, 0.717) is 23.7 Å². The van der Waals surface area contributed by atoms with E-state index >= 15 is 0 Å². The lowest BCUT2D eigenvalue weighted by atomic mass is 10.1. The number of rotatable bonds is 4. The zero-order chi connectivity index (χ0) is 17.4. The van der Waals surface area contributed by atoms with Crippen LogP contribution in [0.15, 0.2) is 41.8 Å². The quantitative estimate of drug-likeness (QED) is 0.864. The van der Waals surface area contributed by atoms with Gasteiger partial charge in [-0.3, -0.25) is 9.59 Å². The molecule has 25 heavy (non-hydrogen) atoms. The number of benzene rings is 1. The number of amides is 2. The zero-order valence-electron chi connectivity index (χ0n) is 13.4. The van der Waals surface area contributed by atoms with E-state index in [0.717, 1.165) is 16.9 Å². The summed E-state index contributed by atoms with van der Waals surface area (Å²) in [5.41, 5.74) is 0.987. The van der Waals surface area contributed by atoms with Gasteiger partial charge in [-0.1, -0.05) is 29.8 Å². The predicted octanol–water partition coefficient (Wildman–Crippen LogP) is 3.61. The lowest BCUT2D eigenvalue weighted by Crippen LogP contribution is -2.49. The summed E-state index contributed by atoms with van der Waals surface area (Å²) >= 11 is 9.26. The maximum absolute atomic E-state index is 12.7. The summed E-state index contributed by atoms with van der Waals surface area (Å²) in [5.74, 6) is 0.622. The standard InChI is InChI=1S/C18H17ClN2O2S2/c19-13-5-3-12(4-6-13)10-20-17(23)14-11-25-18(15-2-1-9-24-15)8-7-16(22)21(14)18/h1-6,9,14H,7-8,10-11H2,(H,20,23)/t14-,18-/m0/s1. The number of carbonyl (C=O) groups is 2. The predicted molar refractivity (Wildman–Crippen MR) is 102 cm³/mol. The molecule has 0 unspecified atom stereocenters. The summed E-state index contributed by atoms with van der Waals surface area (Å²) in [5, 5.41) is 5.67. The van der Waals surface area contributed by atoms with Gasteiger partial charge in [0, 0.05) is 28.6 Å². The molecule has 2 aliphatic rings. The van der Waals surface area contributed by atoms with Gasteiger partial charge in [-0.15, -0.1) is 23.1 Å². The number of nitrogens with zero attached hydrogens (tertiary/aromatic N) is 1. The second-order valence-electron chi connectivity index (χ2n) is 6.20. The Morgan fingerprint density at radius 1 is 1.32 bits per heavy atom. The number of thiophene rings is 1. The first kappa shape index (κ1) is 16.9. The molecule has 3 heterocycles. The molecule has 0 radical (unpaired) electrons. The molecule has 2 aliphatic heterocycles. The third-order valence-corrected chi connectivity index (χ3v) is 7.70. The van der Waals surface area contributed by atoms with Crippen LogP contribution >= 0.6 is 34.7 Å². The van der Waals surface area contributed by atoms with Crippen molar-refractivity contribution in [3.05, 3.63) is 57.2 Å². The Kier molecular flexibility index (Phi) is 4.52. The van der Waals surface area contributed by atoms with Gasteiger partial charge in [0.2, 0.25) is 11.8 Å². The minimum Gasteiger partial charge on any atom is -0.350 e. The molecule has 2 atom stereocenters. The fourth-order valence-corrected chi connectivity index (χ4v) is 6.34. The SMILES string of the molecule is O=C(NCc1ccc(Cl)cc1)[C@@H]1CS[C@]2(c3cccs3)CCC(=O)N12. The van der Waals surface area contributed by atoms with E-state index in [-0.39, 0.29) is 16.7 Å². The van der Waals surface area contributed by atoms with Crippen molar-refractivity contribution in [2.24, 2.45) is 0 Å². The highest BCUT2D eigenvalue weighted by Crippen LogP contribution is 2.55. The van der Waals surface area contributed by atoms with Crippen LogP contribution < -0.4 is 5.32 Å². The smallest absolute Gasteiger partial charge is 0.244 e. The summed E-state index contributed by atoms with van der Waals surface area (Å²) in [4.78, 5) is 27.9. The molecule has 0 saturated carbocycles. The molecular formula is C18H17ClN2O2S2. The largest absolute Gasteiger partial charge is 0.350 e. The maximum Gasteiger partial charge on any atom is 0.244 e. The summed E-state index contributed by atoms with van der Waals surface area (Å²) in [6.45, 7) is 0.436. The third-order valence-electron chi connectivity index (χ3n) is 4.72. The summed E-state index contributed by atoms with van der Waals surface area (Å²) in [6.07, 6.45) is 1.28. The summed E-state index contributed by atoms with van der Waals surface area (Å²) in [6, 6.07) is 11.1. The maximum atomic E-state index is 12.7. The molecule has 2 aromatic rings. The van der Waals surface area contributed by atoms with Crippen molar-refractivity contribution in [1.82, 2.24) is 10.2 Å². The second kappa shape index (κ2) is 6.67. The van der Waals surface area contributed by atoms with E-state index in [2.05, 4.69) is 11.4 Å². The van der Waals surface area contributed by atoms with Gasteiger partial charge in [0.1, 0.15) is 10.9 Å². The normalized spacial score (nSPS) is 25.2. The first-order valence-corrected chi connectivity index (χ1v) is 10.4. The van der Waals surface area contributed by atoms with E-state index < -0.39 is 6.04 Å². The minimum atomic E-state index is -0.408. The first-order valence-electron chi connectivity index (χ1n) is 8.12. The molecule has 4 rings (SSSR count). The van der Waals surface area contributed by atoms with Crippen LogP contribution in [0.2, 0.25) is 5.02 Å². The van der Waals surface area contributed by atoms with Crippen LogP contribution in [0.3, 0.4) is 0 Å². The van der Waals surface area contributed by atoms with Gasteiger partial charge >= 0.3 is 0 Å². The van der Waals surface area contributed by atoms with Gasteiger partial charge in [-0.2, -0.15) is 0 Å². The molecule has 2 amide bonds. The van der Waals surface area contributed by atoms with E-state index in [1.54, 1.807) is 35.2 Å². The average molecular weight is 393 g/mol.